The number of hydrogen-bond acceptors (Lipinski definition) is 4. The Labute approximate surface area is 235 Å². The van der Waals surface area contributed by atoms with Crippen LogP contribution in [0, 0.1) is 11.3 Å². The first kappa shape index (κ1) is 25.5. The molecule has 0 radical (unpaired) electrons. The number of hydrogen-bond donors (Lipinski definition) is 2. The third-order valence-corrected chi connectivity index (χ3v) is 7.13. The first-order valence-electron chi connectivity index (χ1n) is 13.1. The average Bonchev–Trinajstić information content (AvgIpc) is 3.42. The second-order valence-electron chi connectivity index (χ2n) is 9.82. The summed E-state index contributed by atoms with van der Waals surface area (Å²) in [4.78, 5) is 24.9. The van der Waals surface area contributed by atoms with Crippen LogP contribution in [-0.2, 0) is 13.1 Å². The molecule has 6 rings (SSSR count). The van der Waals surface area contributed by atoms with Crippen LogP contribution < -0.4 is 5.32 Å². The molecule has 0 saturated heterocycles. The van der Waals surface area contributed by atoms with Gasteiger partial charge in [-0.25, -0.2) is 4.79 Å². The number of rotatable bonds is 7. The molecular formula is C34H24N4O3. The third kappa shape index (κ3) is 5.27. The Morgan fingerprint density at radius 2 is 1.54 bits per heavy atom. The molecule has 0 aliphatic rings. The Kier molecular flexibility index (Phi) is 6.72. The number of amides is 1. The van der Waals surface area contributed by atoms with Crippen LogP contribution in [0.15, 0.2) is 109 Å². The van der Waals surface area contributed by atoms with Crippen LogP contribution in [0.5, 0.6) is 0 Å². The molecule has 0 atom stereocenters. The fourth-order valence-electron chi connectivity index (χ4n) is 4.98. The van der Waals surface area contributed by atoms with E-state index in [9.17, 15) is 14.9 Å². The number of aromatic nitrogens is 2. The van der Waals surface area contributed by atoms with Crippen molar-refractivity contribution in [2.45, 2.75) is 13.1 Å². The second kappa shape index (κ2) is 10.8. The van der Waals surface area contributed by atoms with Crippen LogP contribution >= 0.6 is 0 Å². The summed E-state index contributed by atoms with van der Waals surface area (Å²) in [6.45, 7) is 0.724. The fourth-order valence-corrected chi connectivity index (χ4v) is 4.98. The average molecular weight is 537 g/mol. The van der Waals surface area contributed by atoms with Crippen molar-refractivity contribution in [1.82, 2.24) is 15.1 Å². The van der Waals surface area contributed by atoms with Crippen molar-refractivity contribution in [2.75, 3.05) is 0 Å². The molecule has 0 spiro atoms. The first-order chi connectivity index (χ1) is 20.0. The van der Waals surface area contributed by atoms with E-state index < -0.39 is 5.97 Å². The van der Waals surface area contributed by atoms with E-state index in [1.54, 1.807) is 30.5 Å². The third-order valence-electron chi connectivity index (χ3n) is 7.13. The largest absolute Gasteiger partial charge is 0.478 e. The summed E-state index contributed by atoms with van der Waals surface area (Å²) < 4.78 is 1.85. The first-order valence-corrected chi connectivity index (χ1v) is 13.1. The molecule has 5 aromatic carbocycles. The van der Waals surface area contributed by atoms with Crippen LogP contribution in [0.1, 0.15) is 37.4 Å². The molecule has 1 amide bonds. The number of carboxylic acids is 1. The zero-order valence-electron chi connectivity index (χ0n) is 21.9. The predicted octanol–water partition coefficient (Wildman–Crippen LogP) is 6.40. The maximum Gasteiger partial charge on any atom is 0.335 e. The van der Waals surface area contributed by atoms with E-state index in [0.29, 0.717) is 23.2 Å². The molecule has 1 aromatic heterocycles. The molecule has 1 heterocycles. The Hall–Kier alpha value is -5.74. The number of aromatic carboxylic acids is 1. The number of carboxylic acid groups (broad SMARTS) is 1. The number of nitriles is 1. The molecule has 7 heteroatoms. The lowest BCUT2D eigenvalue weighted by Gasteiger charge is -2.13. The number of nitrogens with one attached hydrogen (secondary N) is 1. The highest BCUT2D eigenvalue weighted by atomic mass is 16.4. The van der Waals surface area contributed by atoms with Crippen molar-refractivity contribution < 1.29 is 14.7 Å². The monoisotopic (exact) mass is 536 g/mol. The summed E-state index contributed by atoms with van der Waals surface area (Å²) in [5, 5.41) is 29.1. The SMILES string of the molecule is N#Cc1ccc(-c2cc(C(=O)NCc3ccc(C(=O)O)cc3)c3c(cnn3Cc3ccc4ccccc4c3)c2)cc1. The second-order valence-corrected chi connectivity index (χ2v) is 9.82. The lowest BCUT2D eigenvalue weighted by molar-refractivity contribution is 0.0696. The summed E-state index contributed by atoms with van der Waals surface area (Å²) in [6, 6.07) is 34.1. The van der Waals surface area contributed by atoms with E-state index in [0.717, 1.165) is 38.4 Å². The molecule has 0 aliphatic carbocycles. The van der Waals surface area contributed by atoms with E-state index >= 15 is 0 Å². The lowest BCUT2D eigenvalue weighted by atomic mass is 9.99. The molecular weight excluding hydrogens is 512 g/mol. The minimum Gasteiger partial charge on any atom is -0.478 e. The molecule has 41 heavy (non-hydrogen) atoms. The van der Waals surface area contributed by atoms with Gasteiger partial charge in [0, 0.05) is 11.9 Å². The van der Waals surface area contributed by atoms with Gasteiger partial charge in [-0.1, -0.05) is 60.7 Å². The fraction of sp³-hybridized carbons (Fsp3) is 0.0588. The molecule has 7 nitrogen and oxygen atoms in total. The summed E-state index contributed by atoms with van der Waals surface area (Å²) >= 11 is 0. The Bertz CT molecular complexity index is 1970. The number of nitrogens with zero attached hydrogens (tertiary/aromatic N) is 3. The van der Waals surface area contributed by atoms with E-state index in [1.807, 2.05) is 41.1 Å². The van der Waals surface area contributed by atoms with Crippen LogP contribution in [0.3, 0.4) is 0 Å². The van der Waals surface area contributed by atoms with E-state index in [4.69, 9.17) is 5.11 Å². The molecule has 2 N–H and O–H groups in total. The van der Waals surface area contributed by atoms with Gasteiger partial charge in [-0.05, 0) is 75.5 Å². The number of carbonyl (C=O) groups excluding carboxylic acids is 1. The summed E-state index contributed by atoms with van der Waals surface area (Å²) in [5.41, 5.74) is 5.51. The van der Waals surface area contributed by atoms with E-state index in [-0.39, 0.29) is 18.0 Å². The van der Waals surface area contributed by atoms with Crippen molar-refractivity contribution in [3.63, 3.8) is 0 Å². The molecule has 0 unspecified atom stereocenters. The van der Waals surface area contributed by atoms with Gasteiger partial charge in [-0.2, -0.15) is 10.4 Å². The van der Waals surface area contributed by atoms with Crippen molar-refractivity contribution in [3.8, 4) is 17.2 Å². The standard InChI is InChI=1S/C34H24N4O3/c35-18-22-5-10-26(11-6-22)29-16-30-20-37-38(21-24-9-12-25-3-1-2-4-28(25)15-24)32(30)31(17-29)33(39)36-19-23-7-13-27(14-8-23)34(40)41/h1-17,20H,19,21H2,(H,36,39)(H,40,41). The van der Waals surface area contributed by atoms with Crippen LogP contribution in [0.4, 0.5) is 0 Å². The molecule has 6 aromatic rings. The topological polar surface area (TPSA) is 108 Å². The Balaban J connectivity index is 1.37. The highest BCUT2D eigenvalue weighted by Crippen LogP contribution is 2.29. The van der Waals surface area contributed by atoms with Gasteiger partial charge in [0.2, 0.25) is 0 Å². The van der Waals surface area contributed by atoms with Crippen molar-refractivity contribution in [1.29, 1.82) is 5.26 Å². The van der Waals surface area contributed by atoms with Gasteiger partial charge in [-0.15, -0.1) is 0 Å². The molecule has 0 aliphatic heterocycles. The highest BCUT2D eigenvalue weighted by molar-refractivity contribution is 6.07. The minimum absolute atomic E-state index is 0.189. The zero-order chi connectivity index (χ0) is 28.3. The van der Waals surface area contributed by atoms with Crippen molar-refractivity contribution >= 4 is 33.6 Å². The molecule has 0 bridgehead atoms. The zero-order valence-corrected chi connectivity index (χ0v) is 21.9. The van der Waals surface area contributed by atoms with Gasteiger partial charge in [0.05, 0.1) is 41.0 Å². The van der Waals surface area contributed by atoms with Crippen LogP contribution in [0.2, 0.25) is 0 Å². The minimum atomic E-state index is -0.998. The van der Waals surface area contributed by atoms with Crippen molar-refractivity contribution in [3.05, 3.63) is 137 Å². The maximum atomic E-state index is 13.7. The van der Waals surface area contributed by atoms with Gasteiger partial charge >= 0.3 is 5.97 Å². The summed E-state index contributed by atoms with van der Waals surface area (Å²) in [6.07, 6.45) is 1.77. The number of benzene rings is 5. The van der Waals surface area contributed by atoms with E-state index in [1.165, 1.54) is 12.1 Å². The molecule has 0 fully saturated rings. The van der Waals surface area contributed by atoms with Gasteiger partial charge < -0.3 is 10.4 Å². The summed E-state index contributed by atoms with van der Waals surface area (Å²) in [5.74, 6) is -1.27. The summed E-state index contributed by atoms with van der Waals surface area (Å²) in [7, 11) is 0. The van der Waals surface area contributed by atoms with Gasteiger partial charge in [0.25, 0.3) is 5.91 Å². The number of carbonyl (C=O) groups is 2. The Morgan fingerprint density at radius 3 is 2.27 bits per heavy atom. The quantitative estimate of drug-likeness (QED) is 0.245. The lowest BCUT2D eigenvalue weighted by Crippen LogP contribution is -2.24. The molecule has 0 saturated carbocycles. The van der Waals surface area contributed by atoms with E-state index in [2.05, 4.69) is 46.8 Å². The highest BCUT2D eigenvalue weighted by Gasteiger charge is 2.18. The van der Waals surface area contributed by atoms with Gasteiger partial charge in [0.15, 0.2) is 0 Å². The Morgan fingerprint density at radius 1 is 0.805 bits per heavy atom. The van der Waals surface area contributed by atoms with Gasteiger partial charge in [0.1, 0.15) is 0 Å². The molecule has 198 valence electrons. The van der Waals surface area contributed by atoms with Gasteiger partial charge in [-0.3, -0.25) is 9.48 Å². The maximum absolute atomic E-state index is 13.7. The van der Waals surface area contributed by atoms with Crippen LogP contribution in [0.25, 0.3) is 32.8 Å². The normalized spacial score (nSPS) is 10.9. The van der Waals surface area contributed by atoms with Crippen molar-refractivity contribution in [2.24, 2.45) is 0 Å². The van der Waals surface area contributed by atoms with Crippen LogP contribution in [-0.4, -0.2) is 26.8 Å². The number of fused-ring (bicyclic) bond motifs is 2. The smallest absolute Gasteiger partial charge is 0.335 e. The predicted molar refractivity (Wildman–Crippen MR) is 158 cm³/mol.